The number of carbonyl (C=O) groups is 1. The third-order valence-corrected chi connectivity index (χ3v) is 2.19. The van der Waals surface area contributed by atoms with E-state index in [0.29, 0.717) is 12.1 Å². The summed E-state index contributed by atoms with van der Waals surface area (Å²) < 4.78 is 4.63. The number of nitrogens with one attached hydrogen (secondary N) is 1. The average Bonchev–Trinajstić information content (AvgIpc) is 2.31. The Morgan fingerprint density at radius 2 is 1.94 bits per heavy atom. The zero-order valence-corrected chi connectivity index (χ0v) is 10.7. The molecule has 0 aromatic rings. The molecule has 0 aliphatic rings. The quantitative estimate of drug-likeness (QED) is 0.379. The monoisotopic (exact) mass is 229 g/mol. The van der Waals surface area contributed by atoms with Gasteiger partial charge in [0.2, 0.25) is 0 Å². The number of esters is 1. The van der Waals surface area contributed by atoms with Crippen LogP contribution in [0.5, 0.6) is 0 Å². The first-order chi connectivity index (χ1) is 7.60. The number of carbonyl (C=O) groups excluding carboxylic acids is 1. The maximum absolute atomic E-state index is 11.2. The van der Waals surface area contributed by atoms with Crippen molar-refractivity contribution in [2.24, 2.45) is 0 Å². The molecule has 5 heteroatoms. The summed E-state index contributed by atoms with van der Waals surface area (Å²) in [7, 11) is 1.37. The summed E-state index contributed by atoms with van der Waals surface area (Å²) in [6.07, 6.45) is 0. The highest BCUT2D eigenvalue weighted by atomic mass is 16.5. The van der Waals surface area contributed by atoms with Crippen LogP contribution in [0.25, 0.3) is 0 Å². The summed E-state index contributed by atoms with van der Waals surface area (Å²) in [5, 5.41) is 4.00. The second-order valence-corrected chi connectivity index (χ2v) is 3.30. The minimum absolute atomic E-state index is 0.356. The Balaban J connectivity index is 4.37. The highest BCUT2D eigenvalue weighted by molar-refractivity contribution is 5.87. The van der Waals surface area contributed by atoms with E-state index in [1.165, 1.54) is 7.11 Å². The smallest absolute Gasteiger partial charge is 0.334 e. The number of hydrazine groups is 2. The van der Waals surface area contributed by atoms with Crippen molar-refractivity contribution in [1.82, 2.24) is 15.6 Å². The molecule has 0 rings (SSSR count). The number of rotatable bonds is 8. The fourth-order valence-corrected chi connectivity index (χ4v) is 1.39. The predicted molar refractivity (Wildman–Crippen MR) is 64.5 cm³/mol. The van der Waals surface area contributed by atoms with E-state index in [9.17, 15) is 4.79 Å². The van der Waals surface area contributed by atoms with Crippen LogP contribution < -0.4 is 5.43 Å². The van der Waals surface area contributed by atoms with E-state index < -0.39 is 0 Å². The summed E-state index contributed by atoms with van der Waals surface area (Å²) in [4.78, 5) is 11.2. The van der Waals surface area contributed by atoms with E-state index in [1.807, 2.05) is 30.9 Å². The molecule has 1 N–H and O–H groups in total. The van der Waals surface area contributed by atoms with E-state index in [2.05, 4.69) is 16.7 Å². The molecule has 0 spiro atoms. The van der Waals surface area contributed by atoms with Gasteiger partial charge in [-0.1, -0.05) is 20.4 Å². The molecule has 0 saturated heterocycles. The lowest BCUT2D eigenvalue weighted by molar-refractivity contribution is -0.137. The molecular formula is C11H23N3O2. The normalized spacial score (nSPS) is 10.9. The van der Waals surface area contributed by atoms with Gasteiger partial charge in [-0.05, 0) is 6.92 Å². The van der Waals surface area contributed by atoms with Crippen LogP contribution in [0.4, 0.5) is 0 Å². The highest BCUT2D eigenvalue weighted by Gasteiger charge is 2.15. The number of nitrogens with zero attached hydrogens (tertiary/aromatic N) is 2. The largest absolute Gasteiger partial charge is 0.466 e. The molecule has 94 valence electrons. The molecule has 0 bridgehead atoms. The fraction of sp³-hybridized carbons (Fsp3) is 0.727. The molecule has 0 aromatic carbocycles. The standard InChI is InChI=1S/C11H23N3O2/c1-6-12-14(8-3)13(7-2)9-10(4)11(15)16-5/h12H,4,6-9H2,1-3,5H3. The van der Waals surface area contributed by atoms with Gasteiger partial charge in [-0.2, -0.15) is 5.12 Å². The van der Waals surface area contributed by atoms with Crippen molar-refractivity contribution in [2.75, 3.05) is 33.3 Å². The third kappa shape index (κ3) is 4.74. The predicted octanol–water partition coefficient (Wildman–Crippen LogP) is 0.799. The van der Waals surface area contributed by atoms with Crippen molar-refractivity contribution in [3.8, 4) is 0 Å². The Labute approximate surface area is 98.0 Å². The summed E-state index contributed by atoms with van der Waals surface area (Å²) in [5.74, 6) is -0.356. The lowest BCUT2D eigenvalue weighted by Crippen LogP contribution is -2.51. The first-order valence-electron chi connectivity index (χ1n) is 5.62. The van der Waals surface area contributed by atoms with Gasteiger partial charge in [-0.3, -0.25) is 0 Å². The number of likely N-dealkylation sites (N-methyl/N-ethyl adjacent to an activating group) is 1. The number of methoxy groups -OCH3 is 1. The van der Waals surface area contributed by atoms with Crippen molar-refractivity contribution >= 4 is 5.97 Å². The molecule has 0 heterocycles. The molecule has 5 nitrogen and oxygen atoms in total. The Morgan fingerprint density at radius 1 is 1.31 bits per heavy atom. The topological polar surface area (TPSA) is 44.8 Å². The summed E-state index contributed by atoms with van der Waals surface area (Å²) in [6.45, 7) is 12.8. The minimum Gasteiger partial charge on any atom is -0.466 e. The second kappa shape index (κ2) is 8.27. The Kier molecular flexibility index (Phi) is 7.80. The van der Waals surface area contributed by atoms with Gasteiger partial charge in [0.25, 0.3) is 0 Å². The molecule has 0 atom stereocenters. The fourth-order valence-electron chi connectivity index (χ4n) is 1.39. The zero-order chi connectivity index (χ0) is 12.6. The number of ether oxygens (including phenoxy) is 1. The summed E-state index contributed by atoms with van der Waals surface area (Å²) in [6, 6.07) is 0. The lowest BCUT2D eigenvalue weighted by Gasteiger charge is -2.33. The van der Waals surface area contributed by atoms with Crippen molar-refractivity contribution in [3.05, 3.63) is 12.2 Å². The number of hydrogen-bond acceptors (Lipinski definition) is 5. The SMILES string of the molecule is C=C(CN(CC)N(CC)NCC)C(=O)OC. The Bertz CT molecular complexity index is 231. The van der Waals surface area contributed by atoms with E-state index in [4.69, 9.17) is 0 Å². The van der Waals surface area contributed by atoms with Crippen LogP contribution in [-0.2, 0) is 9.53 Å². The number of hydrogen-bond donors (Lipinski definition) is 1. The van der Waals surface area contributed by atoms with Gasteiger partial charge in [-0.15, -0.1) is 0 Å². The van der Waals surface area contributed by atoms with Crippen LogP contribution in [0, 0.1) is 0 Å². The molecule has 0 aromatic heterocycles. The first-order valence-corrected chi connectivity index (χ1v) is 5.62. The van der Waals surface area contributed by atoms with Crippen molar-refractivity contribution < 1.29 is 9.53 Å². The van der Waals surface area contributed by atoms with Crippen molar-refractivity contribution in [1.29, 1.82) is 0 Å². The van der Waals surface area contributed by atoms with Crippen LogP contribution in [0.3, 0.4) is 0 Å². The molecule has 0 radical (unpaired) electrons. The van der Waals surface area contributed by atoms with Gasteiger partial charge in [0.05, 0.1) is 7.11 Å². The van der Waals surface area contributed by atoms with Crippen molar-refractivity contribution in [3.63, 3.8) is 0 Å². The highest BCUT2D eigenvalue weighted by Crippen LogP contribution is 2.01. The molecule has 0 fully saturated rings. The molecular weight excluding hydrogens is 206 g/mol. The Morgan fingerprint density at radius 3 is 2.31 bits per heavy atom. The van der Waals surface area contributed by atoms with Gasteiger partial charge in [0.15, 0.2) is 0 Å². The van der Waals surface area contributed by atoms with Gasteiger partial charge < -0.3 is 4.74 Å². The van der Waals surface area contributed by atoms with E-state index in [0.717, 1.165) is 19.6 Å². The first kappa shape index (κ1) is 15.1. The molecule has 0 unspecified atom stereocenters. The van der Waals surface area contributed by atoms with Crippen LogP contribution in [0.15, 0.2) is 12.2 Å². The van der Waals surface area contributed by atoms with Gasteiger partial charge in [0.1, 0.15) is 0 Å². The second-order valence-electron chi connectivity index (χ2n) is 3.30. The Hall–Kier alpha value is -0.910. The van der Waals surface area contributed by atoms with E-state index in [1.54, 1.807) is 0 Å². The van der Waals surface area contributed by atoms with Crippen LogP contribution in [0.2, 0.25) is 0 Å². The van der Waals surface area contributed by atoms with Crippen LogP contribution in [0.1, 0.15) is 20.8 Å². The van der Waals surface area contributed by atoms with Gasteiger partial charge in [0, 0.05) is 31.8 Å². The van der Waals surface area contributed by atoms with Gasteiger partial charge >= 0.3 is 5.97 Å². The van der Waals surface area contributed by atoms with Crippen LogP contribution in [-0.4, -0.2) is 49.4 Å². The maximum atomic E-state index is 11.2. The third-order valence-electron chi connectivity index (χ3n) is 2.19. The lowest BCUT2D eigenvalue weighted by atomic mass is 10.3. The van der Waals surface area contributed by atoms with Gasteiger partial charge in [-0.25, -0.2) is 15.2 Å². The zero-order valence-electron chi connectivity index (χ0n) is 10.7. The van der Waals surface area contributed by atoms with E-state index >= 15 is 0 Å². The molecule has 0 aliphatic heterocycles. The summed E-state index contributed by atoms with van der Waals surface area (Å²) >= 11 is 0. The minimum atomic E-state index is -0.356. The molecule has 0 amide bonds. The molecule has 0 saturated carbocycles. The van der Waals surface area contributed by atoms with Crippen molar-refractivity contribution in [2.45, 2.75) is 20.8 Å². The van der Waals surface area contributed by atoms with E-state index in [-0.39, 0.29) is 5.97 Å². The molecule has 16 heavy (non-hydrogen) atoms. The maximum Gasteiger partial charge on any atom is 0.334 e. The molecule has 0 aliphatic carbocycles. The summed E-state index contributed by atoms with van der Waals surface area (Å²) in [5.41, 5.74) is 3.67. The van der Waals surface area contributed by atoms with Crippen LogP contribution >= 0.6 is 0 Å². The average molecular weight is 229 g/mol.